The van der Waals surface area contributed by atoms with E-state index in [1.54, 1.807) is 24.3 Å². The minimum Gasteiger partial charge on any atom is -0.373 e. The van der Waals surface area contributed by atoms with Crippen molar-refractivity contribution in [3.05, 3.63) is 60.2 Å². The molecule has 2 unspecified atom stereocenters. The molecule has 3 rings (SSSR count). The van der Waals surface area contributed by atoms with Crippen molar-refractivity contribution >= 4 is 23.3 Å². The quantitative estimate of drug-likeness (QED) is 0.700. The van der Waals surface area contributed by atoms with Gasteiger partial charge in [0, 0.05) is 43.1 Å². The molecule has 1 heterocycles. The number of amides is 3. The van der Waals surface area contributed by atoms with E-state index in [-0.39, 0.29) is 24.1 Å². The molecule has 0 aromatic heterocycles. The van der Waals surface area contributed by atoms with Gasteiger partial charge in [0.05, 0.1) is 12.2 Å². The van der Waals surface area contributed by atoms with Crippen LogP contribution in [0.2, 0.25) is 0 Å². The van der Waals surface area contributed by atoms with E-state index < -0.39 is 0 Å². The van der Waals surface area contributed by atoms with Crippen LogP contribution < -0.4 is 16.0 Å². The van der Waals surface area contributed by atoms with Crippen LogP contribution in [-0.4, -0.2) is 55.2 Å². The van der Waals surface area contributed by atoms with E-state index in [0.717, 1.165) is 19.6 Å². The van der Waals surface area contributed by atoms with Crippen molar-refractivity contribution in [3.63, 3.8) is 0 Å². The highest BCUT2D eigenvalue weighted by Gasteiger charge is 2.21. The van der Waals surface area contributed by atoms with Crippen molar-refractivity contribution in [2.75, 3.05) is 36.8 Å². The van der Waals surface area contributed by atoms with Crippen LogP contribution in [0.25, 0.3) is 0 Å². The average molecular weight is 396 g/mol. The maximum Gasteiger partial charge on any atom is 0.323 e. The van der Waals surface area contributed by atoms with Gasteiger partial charge in [-0.25, -0.2) is 4.79 Å². The third kappa shape index (κ3) is 6.58. The molecule has 2 aromatic rings. The van der Waals surface area contributed by atoms with Gasteiger partial charge in [-0.15, -0.1) is 0 Å². The van der Waals surface area contributed by atoms with Gasteiger partial charge in [-0.2, -0.15) is 0 Å². The highest BCUT2D eigenvalue weighted by molar-refractivity contribution is 6.00. The Kier molecular flexibility index (Phi) is 7.21. The van der Waals surface area contributed by atoms with Gasteiger partial charge in [0.15, 0.2) is 0 Å². The van der Waals surface area contributed by atoms with E-state index in [1.165, 1.54) is 0 Å². The Morgan fingerprint density at radius 3 is 2.14 bits per heavy atom. The predicted molar refractivity (Wildman–Crippen MR) is 114 cm³/mol. The fraction of sp³-hybridized carbons (Fsp3) is 0.364. The van der Waals surface area contributed by atoms with Crippen molar-refractivity contribution in [3.8, 4) is 0 Å². The predicted octanol–water partition coefficient (Wildman–Crippen LogP) is 3.17. The minimum absolute atomic E-state index is 0.125. The van der Waals surface area contributed by atoms with E-state index >= 15 is 0 Å². The van der Waals surface area contributed by atoms with Crippen molar-refractivity contribution < 1.29 is 14.3 Å². The molecule has 154 valence electrons. The van der Waals surface area contributed by atoms with Crippen LogP contribution in [0.15, 0.2) is 54.6 Å². The average Bonchev–Trinajstić information content (AvgIpc) is 2.68. The van der Waals surface area contributed by atoms with E-state index in [4.69, 9.17) is 4.74 Å². The van der Waals surface area contributed by atoms with Gasteiger partial charge in [0.25, 0.3) is 5.91 Å². The van der Waals surface area contributed by atoms with Crippen LogP contribution in [-0.2, 0) is 4.74 Å². The standard InChI is InChI=1S/C22H28N4O3/c1-16-14-26(15-17(2)29-16)13-12-23-21(27)18-8-10-20(11-9-18)25-22(28)24-19-6-4-3-5-7-19/h3-11,16-17H,12-15H2,1-2H3,(H,23,27)(H2,24,25,28). The molecule has 1 aliphatic heterocycles. The Morgan fingerprint density at radius 1 is 0.931 bits per heavy atom. The highest BCUT2D eigenvalue weighted by atomic mass is 16.5. The molecular weight excluding hydrogens is 368 g/mol. The molecule has 3 N–H and O–H groups in total. The molecule has 2 atom stereocenters. The lowest BCUT2D eigenvalue weighted by molar-refractivity contribution is -0.0672. The first-order valence-corrected chi connectivity index (χ1v) is 9.89. The summed E-state index contributed by atoms with van der Waals surface area (Å²) in [7, 11) is 0. The van der Waals surface area contributed by atoms with Gasteiger partial charge in [-0.1, -0.05) is 18.2 Å². The van der Waals surface area contributed by atoms with Crippen LogP contribution in [0, 0.1) is 0 Å². The maximum atomic E-state index is 12.3. The third-order valence-corrected chi connectivity index (χ3v) is 4.65. The van der Waals surface area contributed by atoms with Crippen molar-refractivity contribution in [1.29, 1.82) is 0 Å². The van der Waals surface area contributed by atoms with Gasteiger partial charge in [0.1, 0.15) is 0 Å². The molecule has 7 nitrogen and oxygen atoms in total. The van der Waals surface area contributed by atoms with Crippen molar-refractivity contribution in [2.45, 2.75) is 26.1 Å². The number of urea groups is 1. The van der Waals surface area contributed by atoms with E-state index in [0.29, 0.717) is 23.5 Å². The molecule has 0 bridgehead atoms. The Balaban J connectivity index is 1.43. The van der Waals surface area contributed by atoms with Crippen molar-refractivity contribution in [2.24, 2.45) is 0 Å². The molecule has 0 aliphatic carbocycles. The van der Waals surface area contributed by atoms with E-state index in [9.17, 15) is 9.59 Å². The lowest BCUT2D eigenvalue weighted by Crippen LogP contribution is -2.47. The second-order valence-corrected chi connectivity index (χ2v) is 7.30. The van der Waals surface area contributed by atoms with Gasteiger partial charge in [0.2, 0.25) is 0 Å². The second kappa shape index (κ2) is 10.0. The number of para-hydroxylation sites is 1. The number of nitrogens with zero attached hydrogens (tertiary/aromatic N) is 1. The molecule has 0 saturated carbocycles. The molecule has 3 amide bonds. The molecule has 1 aliphatic rings. The summed E-state index contributed by atoms with van der Waals surface area (Å²) in [6, 6.07) is 15.7. The SMILES string of the molecule is CC1CN(CCNC(=O)c2ccc(NC(=O)Nc3ccccc3)cc2)CC(C)O1. The number of hydrogen-bond acceptors (Lipinski definition) is 4. The van der Waals surface area contributed by atoms with Gasteiger partial charge in [-0.3, -0.25) is 9.69 Å². The molecule has 1 saturated heterocycles. The first kappa shape index (κ1) is 20.8. The van der Waals surface area contributed by atoms with E-state index in [2.05, 4.69) is 34.7 Å². The Morgan fingerprint density at radius 2 is 1.52 bits per heavy atom. The van der Waals surface area contributed by atoms with Crippen LogP contribution in [0.4, 0.5) is 16.2 Å². The number of carbonyl (C=O) groups is 2. The monoisotopic (exact) mass is 396 g/mol. The molecule has 1 fully saturated rings. The number of carbonyl (C=O) groups excluding carboxylic acids is 2. The first-order valence-electron chi connectivity index (χ1n) is 9.89. The summed E-state index contributed by atoms with van der Waals surface area (Å²) in [5.41, 5.74) is 1.89. The van der Waals surface area contributed by atoms with Gasteiger partial charge < -0.3 is 20.7 Å². The highest BCUT2D eigenvalue weighted by Crippen LogP contribution is 2.12. The number of hydrogen-bond donors (Lipinski definition) is 3. The molecule has 7 heteroatoms. The summed E-state index contributed by atoms with van der Waals surface area (Å²) in [5, 5.41) is 8.45. The van der Waals surface area contributed by atoms with E-state index in [1.807, 2.05) is 30.3 Å². The smallest absolute Gasteiger partial charge is 0.323 e. The molecule has 0 radical (unpaired) electrons. The molecular formula is C22H28N4O3. The fourth-order valence-corrected chi connectivity index (χ4v) is 3.42. The first-order chi connectivity index (χ1) is 14.0. The summed E-state index contributed by atoms with van der Waals surface area (Å²) in [6.07, 6.45) is 0.433. The lowest BCUT2D eigenvalue weighted by Gasteiger charge is -2.35. The van der Waals surface area contributed by atoms with Crippen LogP contribution in [0.5, 0.6) is 0 Å². The Bertz CT molecular complexity index is 801. The maximum absolute atomic E-state index is 12.3. The van der Waals surface area contributed by atoms with Crippen LogP contribution in [0.3, 0.4) is 0 Å². The second-order valence-electron chi connectivity index (χ2n) is 7.30. The zero-order valence-electron chi connectivity index (χ0n) is 16.9. The zero-order chi connectivity index (χ0) is 20.6. The molecule has 29 heavy (non-hydrogen) atoms. The summed E-state index contributed by atoms with van der Waals surface area (Å²) in [5.74, 6) is -0.125. The lowest BCUT2D eigenvalue weighted by atomic mass is 10.2. The zero-order valence-corrected chi connectivity index (χ0v) is 16.9. The summed E-state index contributed by atoms with van der Waals surface area (Å²) < 4.78 is 5.72. The minimum atomic E-state index is -0.331. The summed E-state index contributed by atoms with van der Waals surface area (Å²) >= 11 is 0. The van der Waals surface area contributed by atoms with Gasteiger partial charge >= 0.3 is 6.03 Å². The topological polar surface area (TPSA) is 82.7 Å². The molecule has 0 spiro atoms. The largest absolute Gasteiger partial charge is 0.373 e. The number of anilines is 2. The van der Waals surface area contributed by atoms with Gasteiger partial charge in [-0.05, 0) is 50.2 Å². The number of nitrogens with one attached hydrogen (secondary N) is 3. The fourth-order valence-electron chi connectivity index (χ4n) is 3.42. The summed E-state index contributed by atoms with van der Waals surface area (Å²) in [4.78, 5) is 26.7. The number of ether oxygens (including phenoxy) is 1. The van der Waals surface area contributed by atoms with Crippen molar-refractivity contribution in [1.82, 2.24) is 10.2 Å². The van der Waals surface area contributed by atoms with Crippen LogP contribution >= 0.6 is 0 Å². The summed E-state index contributed by atoms with van der Waals surface area (Å²) in [6.45, 7) is 7.27. The Hall–Kier alpha value is -2.90. The number of benzene rings is 2. The normalized spacial score (nSPS) is 19.4. The molecule has 2 aromatic carbocycles. The number of morpholine rings is 1. The Labute approximate surface area is 171 Å². The van der Waals surface area contributed by atoms with Crippen LogP contribution in [0.1, 0.15) is 24.2 Å². The number of rotatable bonds is 6. The third-order valence-electron chi connectivity index (χ3n) is 4.65.